The second kappa shape index (κ2) is 18.6. The normalized spacial score (nSPS) is 22.3. The molecule has 2 heterocycles. The molecule has 0 bridgehead atoms. The van der Waals surface area contributed by atoms with Crippen molar-refractivity contribution in [1.29, 1.82) is 0 Å². The van der Waals surface area contributed by atoms with Gasteiger partial charge in [-0.1, -0.05) is 78.4 Å². The van der Waals surface area contributed by atoms with Crippen molar-refractivity contribution in [2.45, 2.75) is 12.8 Å². The summed E-state index contributed by atoms with van der Waals surface area (Å²) >= 11 is 0. The Hall–Kier alpha value is -7.86. The molecule has 0 spiro atoms. The van der Waals surface area contributed by atoms with Crippen LogP contribution in [0, 0.1) is 35.5 Å². The molecule has 1 N–H and O–H groups in total. The van der Waals surface area contributed by atoms with Crippen LogP contribution in [0.2, 0.25) is 0 Å². The van der Waals surface area contributed by atoms with Gasteiger partial charge in [-0.2, -0.15) is 0 Å². The summed E-state index contributed by atoms with van der Waals surface area (Å²) in [5, 5.41) is 10.3. The molecule has 0 radical (unpaired) electrons. The van der Waals surface area contributed by atoms with E-state index in [2.05, 4.69) is 0 Å². The van der Waals surface area contributed by atoms with E-state index in [9.17, 15) is 24.3 Å². The number of nitrogens with zero attached hydrogens (tertiary/aromatic N) is 2. The third kappa shape index (κ3) is 8.24. The van der Waals surface area contributed by atoms with Crippen molar-refractivity contribution in [2.75, 3.05) is 45.3 Å². The Morgan fingerprint density at radius 1 is 0.493 bits per heavy atom. The van der Waals surface area contributed by atoms with Gasteiger partial charge in [-0.3, -0.25) is 29.0 Å². The lowest BCUT2D eigenvalue weighted by Gasteiger charge is -2.42. The first-order chi connectivity index (χ1) is 32.5. The van der Waals surface area contributed by atoms with Crippen LogP contribution >= 0.6 is 0 Å². The fourth-order valence-electron chi connectivity index (χ4n) is 10.2. The van der Waals surface area contributed by atoms with E-state index in [0.717, 1.165) is 27.8 Å². The van der Waals surface area contributed by atoms with Crippen molar-refractivity contribution in [3.05, 3.63) is 149 Å². The maximum atomic E-state index is 14.7. The molecule has 12 heteroatoms. The molecular formula is C55H50N2O10. The molecule has 1 saturated carbocycles. The molecule has 12 nitrogen and oxygen atoms in total. The lowest BCUT2D eigenvalue weighted by molar-refractivity contribution is -0.126. The number of anilines is 2. The van der Waals surface area contributed by atoms with E-state index in [1.807, 2.05) is 103 Å². The van der Waals surface area contributed by atoms with E-state index < -0.39 is 35.5 Å². The SMILES string of the molecule is COc1ccc(OC)c(C=Cc2ccc(N3C(=O)C4CC5C(=CCC6C(=O)N(c7ccc(C=Cc8cc(OC)ccc8OC)cc7)C(=O)C65)C(C=Cc5ccc(O)c(OC)c5)C4C3=O)cc2)c1. The summed E-state index contributed by atoms with van der Waals surface area (Å²) < 4.78 is 27.2. The third-order valence-corrected chi connectivity index (χ3v) is 13.5. The van der Waals surface area contributed by atoms with Crippen LogP contribution in [0.1, 0.15) is 40.7 Å². The number of phenolic OH excluding ortho intramolecular Hbond substituents is 1. The number of ether oxygens (including phenoxy) is 5. The molecule has 2 saturated heterocycles. The highest BCUT2D eigenvalue weighted by molar-refractivity contribution is 6.24. The summed E-state index contributed by atoms with van der Waals surface area (Å²) in [7, 11) is 7.88. The summed E-state index contributed by atoms with van der Waals surface area (Å²) in [5.74, 6) is -2.10. The molecule has 6 unspecified atom stereocenters. The van der Waals surface area contributed by atoms with Gasteiger partial charge in [-0.15, -0.1) is 0 Å². The van der Waals surface area contributed by atoms with Gasteiger partial charge in [0.15, 0.2) is 11.5 Å². The molecule has 0 aromatic heterocycles. The minimum Gasteiger partial charge on any atom is -0.504 e. The first-order valence-electron chi connectivity index (χ1n) is 22.1. The van der Waals surface area contributed by atoms with E-state index >= 15 is 0 Å². The molecule has 67 heavy (non-hydrogen) atoms. The first-order valence-corrected chi connectivity index (χ1v) is 22.1. The monoisotopic (exact) mass is 898 g/mol. The van der Waals surface area contributed by atoms with Crippen LogP contribution in [0.15, 0.2) is 121 Å². The number of carbonyl (C=O) groups is 4. The second-order valence-corrected chi connectivity index (χ2v) is 17.0. The number of aromatic hydroxyl groups is 1. The molecular weight excluding hydrogens is 849 g/mol. The highest BCUT2D eigenvalue weighted by atomic mass is 16.5. The van der Waals surface area contributed by atoms with E-state index in [4.69, 9.17) is 23.7 Å². The molecule has 5 aromatic rings. The second-order valence-electron chi connectivity index (χ2n) is 17.0. The van der Waals surface area contributed by atoms with Crippen molar-refractivity contribution >= 4 is 65.4 Å². The number of methoxy groups -OCH3 is 5. The zero-order valence-corrected chi connectivity index (χ0v) is 37.8. The lowest BCUT2D eigenvalue weighted by Crippen LogP contribution is -2.43. The Bertz CT molecular complexity index is 2880. The summed E-state index contributed by atoms with van der Waals surface area (Å²) in [4.78, 5) is 60.9. The standard InChI is InChI=1S/C55H50N2O10/c1-63-39-20-26-47(65-3)35(29-39)14-6-32-8-16-37(17-9-32)56-52(59)43-24-23-41-42(22-12-34-13-25-46(58)49(28-34)67-5)50-45(31-44(41)51(43)55(56)62)53(60)57(54(50)61)38-18-10-33(11-19-38)7-15-36-30-40(64-2)21-27-48(36)66-4/h6-23,25-30,42-45,50-51,58H,24,31H2,1-5H3. The van der Waals surface area contributed by atoms with Gasteiger partial charge < -0.3 is 28.8 Å². The van der Waals surface area contributed by atoms with Crippen LogP contribution in [-0.2, 0) is 19.2 Å². The van der Waals surface area contributed by atoms with Crippen LogP contribution in [-0.4, -0.2) is 64.3 Å². The molecule has 9 rings (SSSR count). The highest BCUT2D eigenvalue weighted by Gasteiger charge is 2.61. The lowest BCUT2D eigenvalue weighted by atomic mass is 9.58. The smallest absolute Gasteiger partial charge is 0.238 e. The number of hydrogen-bond donors (Lipinski definition) is 1. The van der Waals surface area contributed by atoms with Gasteiger partial charge in [-0.25, -0.2) is 0 Å². The summed E-state index contributed by atoms with van der Waals surface area (Å²) in [6.07, 6.45) is 14.0. The molecule has 2 aliphatic carbocycles. The Morgan fingerprint density at radius 3 is 1.52 bits per heavy atom. The van der Waals surface area contributed by atoms with Gasteiger partial charge in [0.05, 0.1) is 70.6 Å². The van der Waals surface area contributed by atoms with Crippen molar-refractivity contribution in [1.82, 2.24) is 0 Å². The van der Waals surface area contributed by atoms with Crippen molar-refractivity contribution in [3.63, 3.8) is 0 Å². The van der Waals surface area contributed by atoms with E-state index in [1.54, 1.807) is 64.8 Å². The van der Waals surface area contributed by atoms with Gasteiger partial charge in [0.1, 0.15) is 23.0 Å². The fraction of sp³-hybridized carbons (Fsp3) is 0.236. The van der Waals surface area contributed by atoms with E-state index in [0.29, 0.717) is 46.4 Å². The predicted octanol–water partition coefficient (Wildman–Crippen LogP) is 9.37. The summed E-state index contributed by atoms with van der Waals surface area (Å²) in [5.41, 5.74) is 5.83. The van der Waals surface area contributed by atoms with Gasteiger partial charge in [0.2, 0.25) is 23.6 Å². The van der Waals surface area contributed by atoms with Gasteiger partial charge in [0, 0.05) is 17.0 Å². The average Bonchev–Trinajstić information content (AvgIpc) is 3.77. The molecule has 5 aromatic carbocycles. The zero-order chi connectivity index (χ0) is 46.9. The number of amides is 4. The Labute approximate surface area is 389 Å². The number of benzene rings is 5. The van der Waals surface area contributed by atoms with E-state index in [-0.39, 0.29) is 41.5 Å². The Kier molecular flexibility index (Phi) is 12.3. The molecule has 3 fully saturated rings. The molecule has 4 amide bonds. The fourth-order valence-corrected chi connectivity index (χ4v) is 10.2. The van der Waals surface area contributed by atoms with Crippen LogP contribution in [0.3, 0.4) is 0 Å². The number of imide groups is 2. The maximum Gasteiger partial charge on any atom is 0.238 e. The molecule has 340 valence electrons. The zero-order valence-electron chi connectivity index (χ0n) is 37.8. The van der Waals surface area contributed by atoms with Gasteiger partial charge >= 0.3 is 0 Å². The maximum absolute atomic E-state index is 14.7. The van der Waals surface area contributed by atoms with Crippen molar-refractivity contribution in [3.8, 4) is 34.5 Å². The highest BCUT2D eigenvalue weighted by Crippen LogP contribution is 2.56. The van der Waals surface area contributed by atoms with Gasteiger partial charge in [0.25, 0.3) is 0 Å². The van der Waals surface area contributed by atoms with Crippen molar-refractivity contribution in [2.24, 2.45) is 35.5 Å². The molecule has 4 aliphatic rings. The third-order valence-electron chi connectivity index (χ3n) is 13.5. The Balaban J connectivity index is 1.00. The van der Waals surface area contributed by atoms with Crippen molar-refractivity contribution < 1.29 is 48.0 Å². The number of allylic oxidation sites excluding steroid dienone is 3. The number of hydrogen-bond acceptors (Lipinski definition) is 10. The van der Waals surface area contributed by atoms with E-state index in [1.165, 1.54) is 23.0 Å². The average molecular weight is 899 g/mol. The summed E-state index contributed by atoms with van der Waals surface area (Å²) in [6, 6.07) is 30.5. The minimum atomic E-state index is -0.747. The minimum absolute atomic E-state index is 0.0128. The molecule has 6 atom stereocenters. The largest absolute Gasteiger partial charge is 0.504 e. The number of fused-ring (bicyclic) bond motifs is 4. The number of phenols is 1. The topological polar surface area (TPSA) is 141 Å². The van der Waals surface area contributed by atoms with Crippen LogP contribution < -0.4 is 33.5 Å². The number of carbonyl (C=O) groups excluding carboxylic acids is 4. The Morgan fingerprint density at radius 2 is 1.00 bits per heavy atom. The summed E-state index contributed by atoms with van der Waals surface area (Å²) in [6.45, 7) is 0. The van der Waals surface area contributed by atoms with Crippen LogP contribution in [0.25, 0.3) is 30.4 Å². The first kappa shape index (κ1) is 44.3. The molecule has 2 aliphatic heterocycles. The predicted molar refractivity (Wildman–Crippen MR) is 257 cm³/mol. The van der Waals surface area contributed by atoms with Gasteiger partial charge in [-0.05, 0) is 108 Å². The van der Waals surface area contributed by atoms with Crippen LogP contribution in [0.4, 0.5) is 11.4 Å². The number of rotatable bonds is 13. The quantitative estimate of drug-likeness (QED) is 0.0691. The van der Waals surface area contributed by atoms with Crippen LogP contribution in [0.5, 0.6) is 34.5 Å².